The highest BCUT2D eigenvalue weighted by Crippen LogP contribution is 2.72. The number of aromatic hydroxyl groups is 1. The molecule has 8 atom stereocenters. The fraction of sp³-hybridized carbons (Fsp3) is 0.430. The van der Waals surface area contributed by atoms with Gasteiger partial charge in [0.2, 0.25) is 17.5 Å². The van der Waals surface area contributed by atoms with Crippen LogP contribution in [0.25, 0.3) is 45.0 Å². The first-order valence-corrected chi connectivity index (χ1v) is 48.1. The van der Waals surface area contributed by atoms with Gasteiger partial charge in [0.15, 0.2) is 11.4 Å². The molecule has 8 aliphatic carbocycles. The standard InChI is InChI=1S/2C28H31F2N5O2.C26H24F2N6O.C25H25F2N5O2/c1-6-35(25(36)24-31-13-16(14-32-24)27(4,5)37)15-28-11-10-18(26(28,2)3)17-12-21(33-34-23(17)28)22-19(29)8-7-9-20(22)30;1-6-35(25(36)20-10-11-22(33-31-20)27(4,5)37)15-28-13-12-17(26(28,2)3)16-14-21(32-34-24(16)28)23-18(29)8-7-9-19(23)30;1-4-34(24(35)23-30-12-15(11-29)13-31-23)14-26-9-8-17(25(26,2)3)16-10-20(32-33-22(16)26)21-18(27)6-5-7-19(21)28;1-4-32(23(34)22-28-11-14(33)12-29-22)13-25-9-8-16(24(25,2)3)15-10-19(30-31-21(15)25)20-17(26)6-5-7-18(20)27/h7-9,12-14,18,37H,6,10-11,15H2,1-5H3;7-11,14,17,37H,6,12-13,15H2,1-5H3;5-7,10,12-13,17H,4,8-9,14H2,1-3H3;5-7,10-12,16,33H,4,8-9,13H2,1-3H3/t18-,28-;17-,28-;17-,26-;16-,25-/m0000/s1. The van der Waals surface area contributed by atoms with Gasteiger partial charge < -0.3 is 34.9 Å². The van der Waals surface area contributed by atoms with E-state index in [1.54, 1.807) is 83.7 Å². The van der Waals surface area contributed by atoms with Crippen LogP contribution in [0.3, 0.4) is 0 Å². The summed E-state index contributed by atoms with van der Waals surface area (Å²) in [4.78, 5) is 84.8. The number of amides is 4. The van der Waals surface area contributed by atoms with Crippen LogP contribution in [-0.2, 0) is 32.9 Å². The van der Waals surface area contributed by atoms with Crippen molar-refractivity contribution in [3.05, 3.63) is 278 Å². The van der Waals surface area contributed by atoms with E-state index in [-0.39, 0.29) is 148 Å². The van der Waals surface area contributed by atoms with Crippen molar-refractivity contribution in [1.82, 2.24) is 100 Å². The number of nitrogens with zero attached hydrogens (tertiary/aromatic N) is 21. The Labute approximate surface area is 822 Å². The quantitative estimate of drug-likeness (QED) is 0.0531. The van der Waals surface area contributed by atoms with Crippen LogP contribution in [0.15, 0.2) is 146 Å². The third-order valence-electron chi connectivity index (χ3n) is 32.7. The Bertz CT molecular complexity index is 6760. The van der Waals surface area contributed by atoms with E-state index in [2.05, 4.69) is 136 Å². The highest BCUT2D eigenvalue weighted by atomic mass is 19.2. The first-order chi connectivity index (χ1) is 67.7. The maximum Gasteiger partial charge on any atom is 0.291 e. The zero-order valence-corrected chi connectivity index (χ0v) is 82.4. The van der Waals surface area contributed by atoms with Crippen molar-refractivity contribution >= 4 is 23.6 Å². The van der Waals surface area contributed by atoms with Crippen molar-refractivity contribution in [3.8, 4) is 56.8 Å². The minimum Gasteiger partial charge on any atom is -0.505 e. The van der Waals surface area contributed by atoms with Crippen molar-refractivity contribution in [2.45, 2.75) is 219 Å². The zero-order valence-electron chi connectivity index (χ0n) is 82.4. The highest BCUT2D eigenvalue weighted by molar-refractivity contribution is 5.93. The summed E-state index contributed by atoms with van der Waals surface area (Å²) in [5, 5.41) is 82.0. The number of aromatic nitrogens is 16. The van der Waals surface area contributed by atoms with Crippen LogP contribution in [0, 0.1) is 79.5 Å². The molecule has 0 saturated heterocycles. The van der Waals surface area contributed by atoms with E-state index in [0.29, 0.717) is 63.6 Å². The molecule has 0 aliphatic heterocycles. The van der Waals surface area contributed by atoms with Crippen LogP contribution < -0.4 is 0 Å². The largest absolute Gasteiger partial charge is 0.505 e. The number of benzene rings is 4. The average Bonchev–Trinajstić information content (AvgIpc) is 1.54. The number of rotatable bonds is 22. The van der Waals surface area contributed by atoms with Crippen molar-refractivity contribution < 1.29 is 69.6 Å². The van der Waals surface area contributed by atoms with Crippen LogP contribution in [0.5, 0.6) is 5.75 Å². The van der Waals surface area contributed by atoms with Gasteiger partial charge in [-0.15, -0.1) is 5.10 Å². The Morgan fingerprint density at radius 2 is 0.622 bits per heavy atom. The van der Waals surface area contributed by atoms with Crippen LogP contribution in [-0.4, -0.2) is 192 Å². The monoisotopic (exact) mass is 1950 g/mol. The van der Waals surface area contributed by atoms with E-state index in [1.165, 1.54) is 110 Å². The number of likely N-dealkylation sites (N-methyl/N-ethyl adjacent to an activating group) is 4. The van der Waals surface area contributed by atoms with Crippen molar-refractivity contribution in [2.24, 2.45) is 21.7 Å². The van der Waals surface area contributed by atoms with Crippen molar-refractivity contribution in [1.29, 1.82) is 5.26 Å². The Hall–Kier alpha value is -14.0. The van der Waals surface area contributed by atoms with Crippen molar-refractivity contribution in [3.63, 3.8) is 0 Å². The molecule has 4 saturated carbocycles. The molecule has 0 unspecified atom stereocenters. The number of carbonyl (C=O) groups excluding carboxylic acids is 4. The molecule has 12 aromatic rings. The molecule has 4 amide bonds. The normalized spacial score (nSPS) is 21.7. The molecule has 742 valence electrons. The van der Waals surface area contributed by atoms with Gasteiger partial charge >= 0.3 is 0 Å². The Morgan fingerprint density at radius 1 is 0.364 bits per heavy atom. The van der Waals surface area contributed by atoms with Gasteiger partial charge in [-0.3, -0.25) is 19.2 Å². The Morgan fingerprint density at radius 3 is 0.860 bits per heavy atom. The fourth-order valence-electron chi connectivity index (χ4n) is 24.2. The van der Waals surface area contributed by atoms with Crippen LogP contribution in [0.2, 0.25) is 0 Å². The van der Waals surface area contributed by atoms with E-state index < -0.39 is 79.4 Å². The lowest BCUT2D eigenvalue weighted by atomic mass is 9.68. The molecular weight excluding hydrogens is 1840 g/mol. The first-order valence-electron chi connectivity index (χ1n) is 48.1. The molecule has 28 nitrogen and oxygen atoms in total. The summed E-state index contributed by atoms with van der Waals surface area (Å²) in [6.07, 6.45) is 14.8. The zero-order chi connectivity index (χ0) is 103. The lowest BCUT2D eigenvalue weighted by molar-refractivity contribution is 0.0630. The highest BCUT2D eigenvalue weighted by Gasteiger charge is 2.68. The maximum absolute atomic E-state index is 14.5. The predicted molar refractivity (Wildman–Crippen MR) is 511 cm³/mol. The number of fused-ring (bicyclic) bond motifs is 20. The minimum absolute atomic E-state index is 0.0121. The summed E-state index contributed by atoms with van der Waals surface area (Å²) < 4.78 is 116. The maximum atomic E-state index is 14.5. The van der Waals surface area contributed by atoms with Gasteiger partial charge in [-0.2, -0.15) is 51.2 Å². The summed E-state index contributed by atoms with van der Waals surface area (Å²) >= 11 is 0. The molecule has 8 aliphatic rings. The number of hydrogen-bond acceptors (Lipinski definition) is 24. The lowest BCUT2D eigenvalue weighted by Gasteiger charge is -2.41. The Kier molecular flexibility index (Phi) is 26.3. The van der Waals surface area contributed by atoms with E-state index in [1.807, 2.05) is 33.8 Å². The minimum atomic E-state index is -1.16. The second-order valence-electron chi connectivity index (χ2n) is 41.8. The Balaban J connectivity index is 0.000000131. The van der Waals surface area contributed by atoms with Crippen molar-refractivity contribution in [2.75, 3.05) is 52.4 Å². The van der Waals surface area contributed by atoms with E-state index in [9.17, 15) is 69.6 Å². The second-order valence-corrected chi connectivity index (χ2v) is 41.8. The third-order valence-corrected chi connectivity index (χ3v) is 32.7. The van der Waals surface area contributed by atoms with E-state index in [4.69, 9.17) is 5.26 Å². The lowest BCUT2D eigenvalue weighted by Crippen LogP contribution is -2.48. The van der Waals surface area contributed by atoms with Crippen LogP contribution in [0.1, 0.15) is 290 Å². The number of halogens is 8. The smallest absolute Gasteiger partial charge is 0.291 e. The summed E-state index contributed by atoms with van der Waals surface area (Å²) in [5.74, 6) is -6.11. The van der Waals surface area contributed by atoms with Gasteiger partial charge in [0.25, 0.3) is 23.6 Å². The molecule has 143 heavy (non-hydrogen) atoms. The molecule has 8 heterocycles. The fourth-order valence-corrected chi connectivity index (χ4v) is 24.2. The summed E-state index contributed by atoms with van der Waals surface area (Å²) in [5.41, 5.74) is 3.17. The van der Waals surface area contributed by atoms with Gasteiger partial charge in [-0.25, -0.2) is 65.0 Å². The molecule has 3 N–H and O–H groups in total. The molecule has 4 fully saturated rings. The molecule has 20 rings (SSSR count). The summed E-state index contributed by atoms with van der Waals surface area (Å²) in [6.45, 7) is 34.8. The van der Waals surface area contributed by atoms with Crippen LogP contribution >= 0.6 is 0 Å². The molecular formula is C107H111F8N21O7. The average molecular weight is 1960 g/mol. The molecule has 8 bridgehead atoms. The van der Waals surface area contributed by atoms with Gasteiger partial charge in [0.05, 0.1) is 97.1 Å². The molecule has 4 aromatic carbocycles. The van der Waals surface area contributed by atoms with E-state index in [0.717, 1.165) is 96.4 Å². The SMILES string of the molecule is CCN(C[C@@]12CC[C@@H](c3cc(-c4c(F)cccc4F)nnc31)C2(C)C)C(=O)c1ccc(C(C)(C)O)nn1.CCN(C[C@@]12CC[C@@H](c3cc(-c4c(F)cccc4F)nnc31)C2(C)C)C(=O)c1ncc(C#N)cn1.CCN(C[C@@]12CC[C@@H](c3cc(-c4c(F)cccc4F)nnc31)C2(C)C)C(=O)c1ncc(C(C)(C)O)cn1.CCN(C[C@@]12CC[C@@H](c3cc(-c4c(F)cccc4F)nnc31)C2(C)C)C(=O)c1ncc(O)cn1. The van der Waals surface area contributed by atoms with Gasteiger partial charge in [0.1, 0.15) is 58.2 Å². The van der Waals surface area contributed by atoms with Gasteiger partial charge in [0, 0.05) is 104 Å². The van der Waals surface area contributed by atoms with Gasteiger partial charge in [-0.1, -0.05) is 79.7 Å². The summed E-state index contributed by atoms with van der Waals surface area (Å²) in [6, 6.07) is 27.2. The number of nitriles is 1. The number of aliphatic hydroxyl groups is 2. The molecule has 36 heteroatoms. The third kappa shape index (κ3) is 16.8. The molecule has 0 spiro atoms. The first kappa shape index (κ1) is 101. The molecule has 0 radical (unpaired) electrons. The number of hydrogen-bond donors (Lipinski definition) is 3. The van der Waals surface area contributed by atoms with Gasteiger partial charge in [-0.05, 0) is 259 Å². The predicted octanol–water partition coefficient (Wildman–Crippen LogP) is 18.1. The topological polar surface area (TPSA) is 372 Å². The van der Waals surface area contributed by atoms with E-state index >= 15 is 0 Å². The van der Waals surface area contributed by atoms with Crippen LogP contribution in [0.4, 0.5) is 35.1 Å². The second kappa shape index (κ2) is 37.4. The number of carbonyl (C=O) groups is 4. The summed E-state index contributed by atoms with van der Waals surface area (Å²) in [7, 11) is 0. The molecule has 8 aromatic heterocycles.